The Morgan fingerprint density at radius 1 is 1.33 bits per heavy atom. The van der Waals surface area contributed by atoms with Crippen molar-refractivity contribution in [3.8, 4) is 0 Å². The van der Waals surface area contributed by atoms with Crippen LogP contribution in [-0.2, 0) is 11.2 Å². The van der Waals surface area contributed by atoms with Crippen LogP contribution in [0, 0.1) is 12.8 Å². The molecule has 0 N–H and O–H groups in total. The number of aryl methyl sites for hydroxylation is 2. The molecule has 1 unspecified atom stereocenters. The standard InChI is InChI=1S/C13H11F3O2/c1-7-2-4-9-8(6-7)3-5-10(11(9)17)12(18)13(14,15)16/h2,4,6,10H,3,5H2,1H3. The molecule has 0 saturated carbocycles. The second-order valence-corrected chi connectivity index (χ2v) is 4.48. The van der Waals surface area contributed by atoms with E-state index < -0.39 is 23.7 Å². The normalized spacial score (nSPS) is 19.6. The lowest BCUT2D eigenvalue weighted by molar-refractivity contribution is -0.174. The van der Waals surface area contributed by atoms with Gasteiger partial charge < -0.3 is 0 Å². The SMILES string of the molecule is Cc1ccc2c(c1)CCC(C(=O)C(F)(F)F)C2=O. The number of carbonyl (C=O) groups is 2. The lowest BCUT2D eigenvalue weighted by Gasteiger charge is -2.23. The zero-order valence-electron chi connectivity index (χ0n) is 9.67. The molecule has 1 atom stereocenters. The molecule has 0 heterocycles. The molecule has 0 amide bonds. The van der Waals surface area contributed by atoms with E-state index >= 15 is 0 Å². The predicted octanol–water partition coefficient (Wildman–Crippen LogP) is 2.87. The van der Waals surface area contributed by atoms with Crippen LogP contribution in [-0.4, -0.2) is 17.7 Å². The number of fused-ring (bicyclic) bond motifs is 1. The smallest absolute Gasteiger partial charge is 0.293 e. The first kappa shape index (κ1) is 12.8. The minimum atomic E-state index is -4.94. The van der Waals surface area contributed by atoms with Crippen LogP contribution in [0.3, 0.4) is 0 Å². The highest BCUT2D eigenvalue weighted by Gasteiger charge is 2.47. The molecule has 5 heteroatoms. The molecule has 0 radical (unpaired) electrons. The summed E-state index contributed by atoms with van der Waals surface area (Å²) in [5.41, 5.74) is 1.92. The third kappa shape index (κ3) is 2.17. The molecule has 0 saturated heterocycles. The van der Waals surface area contributed by atoms with Crippen LogP contribution in [0.4, 0.5) is 13.2 Å². The molecular weight excluding hydrogens is 245 g/mol. The fourth-order valence-corrected chi connectivity index (χ4v) is 2.24. The fourth-order valence-electron chi connectivity index (χ4n) is 2.24. The summed E-state index contributed by atoms with van der Waals surface area (Å²) < 4.78 is 37.0. The number of hydrogen-bond donors (Lipinski definition) is 0. The highest BCUT2D eigenvalue weighted by molar-refractivity contribution is 6.13. The van der Waals surface area contributed by atoms with Gasteiger partial charge >= 0.3 is 6.18 Å². The minimum Gasteiger partial charge on any atom is -0.293 e. The van der Waals surface area contributed by atoms with Gasteiger partial charge in [-0.15, -0.1) is 0 Å². The number of hydrogen-bond acceptors (Lipinski definition) is 2. The molecule has 96 valence electrons. The Labute approximate surface area is 102 Å². The van der Waals surface area contributed by atoms with E-state index in [-0.39, 0.29) is 12.0 Å². The summed E-state index contributed by atoms with van der Waals surface area (Å²) in [4.78, 5) is 23.1. The number of halogens is 3. The highest BCUT2D eigenvalue weighted by atomic mass is 19.4. The van der Waals surface area contributed by atoms with Gasteiger partial charge in [-0.25, -0.2) is 0 Å². The van der Waals surface area contributed by atoms with Crippen molar-refractivity contribution in [2.45, 2.75) is 25.9 Å². The molecule has 0 aromatic heterocycles. The van der Waals surface area contributed by atoms with Gasteiger partial charge in [0.25, 0.3) is 0 Å². The van der Waals surface area contributed by atoms with E-state index in [1.54, 1.807) is 12.1 Å². The molecule has 0 fully saturated rings. The topological polar surface area (TPSA) is 34.1 Å². The monoisotopic (exact) mass is 256 g/mol. The van der Waals surface area contributed by atoms with Crippen LogP contribution in [0.2, 0.25) is 0 Å². The molecule has 18 heavy (non-hydrogen) atoms. The third-order valence-corrected chi connectivity index (χ3v) is 3.14. The van der Waals surface area contributed by atoms with Crippen molar-refractivity contribution in [3.63, 3.8) is 0 Å². The van der Waals surface area contributed by atoms with Crippen LogP contribution < -0.4 is 0 Å². The van der Waals surface area contributed by atoms with Crippen LogP contribution in [0.5, 0.6) is 0 Å². The van der Waals surface area contributed by atoms with E-state index in [9.17, 15) is 22.8 Å². The summed E-state index contributed by atoms with van der Waals surface area (Å²) in [5, 5.41) is 0. The number of alkyl halides is 3. The summed E-state index contributed by atoms with van der Waals surface area (Å²) in [6.07, 6.45) is -4.68. The molecule has 0 aliphatic heterocycles. The van der Waals surface area contributed by atoms with Gasteiger partial charge in [0.2, 0.25) is 5.78 Å². The summed E-state index contributed by atoms with van der Waals surface area (Å²) in [6.45, 7) is 1.84. The van der Waals surface area contributed by atoms with Crippen molar-refractivity contribution in [3.05, 3.63) is 34.9 Å². The molecule has 1 aliphatic carbocycles. The molecule has 1 aromatic carbocycles. The number of carbonyl (C=O) groups excluding carboxylic acids is 2. The quantitative estimate of drug-likeness (QED) is 0.724. The number of rotatable bonds is 1. The van der Waals surface area contributed by atoms with Crippen molar-refractivity contribution in [1.29, 1.82) is 0 Å². The number of ketones is 2. The maximum Gasteiger partial charge on any atom is 0.450 e. The van der Waals surface area contributed by atoms with Crippen molar-refractivity contribution < 1.29 is 22.8 Å². The Bertz CT molecular complexity index is 517. The summed E-state index contributed by atoms with van der Waals surface area (Å²) >= 11 is 0. The molecule has 0 spiro atoms. The fraction of sp³-hybridized carbons (Fsp3) is 0.385. The van der Waals surface area contributed by atoms with Crippen molar-refractivity contribution >= 4 is 11.6 Å². The van der Waals surface area contributed by atoms with E-state index in [0.717, 1.165) is 11.1 Å². The van der Waals surface area contributed by atoms with Gasteiger partial charge in [-0.2, -0.15) is 13.2 Å². The molecular formula is C13H11F3O2. The average molecular weight is 256 g/mol. The summed E-state index contributed by atoms with van der Waals surface area (Å²) in [6, 6.07) is 4.95. The molecule has 0 bridgehead atoms. The van der Waals surface area contributed by atoms with Gasteiger partial charge in [0.05, 0.1) is 5.92 Å². The summed E-state index contributed by atoms with van der Waals surface area (Å²) in [7, 11) is 0. The highest BCUT2D eigenvalue weighted by Crippen LogP contribution is 2.31. The molecule has 1 aromatic rings. The van der Waals surface area contributed by atoms with Gasteiger partial charge in [-0.05, 0) is 25.3 Å². The van der Waals surface area contributed by atoms with Gasteiger partial charge in [0.1, 0.15) is 0 Å². The Balaban J connectivity index is 2.35. The van der Waals surface area contributed by atoms with Gasteiger partial charge in [-0.1, -0.05) is 23.8 Å². The van der Waals surface area contributed by atoms with Crippen LogP contribution in [0.25, 0.3) is 0 Å². The van der Waals surface area contributed by atoms with Gasteiger partial charge in [-0.3, -0.25) is 9.59 Å². The van der Waals surface area contributed by atoms with E-state index in [0.29, 0.717) is 6.42 Å². The van der Waals surface area contributed by atoms with E-state index in [2.05, 4.69) is 0 Å². The molecule has 1 aliphatic rings. The lowest BCUT2D eigenvalue weighted by atomic mass is 9.80. The second-order valence-electron chi connectivity index (χ2n) is 4.48. The average Bonchev–Trinajstić information content (AvgIpc) is 2.27. The van der Waals surface area contributed by atoms with E-state index in [4.69, 9.17) is 0 Å². The maximum atomic E-state index is 12.3. The van der Waals surface area contributed by atoms with Gasteiger partial charge in [0.15, 0.2) is 5.78 Å². The first-order valence-corrected chi connectivity index (χ1v) is 5.55. The largest absolute Gasteiger partial charge is 0.450 e. The zero-order valence-corrected chi connectivity index (χ0v) is 9.67. The van der Waals surface area contributed by atoms with Crippen molar-refractivity contribution in [2.75, 3.05) is 0 Å². The third-order valence-electron chi connectivity index (χ3n) is 3.14. The maximum absolute atomic E-state index is 12.3. The molecule has 2 nitrogen and oxygen atoms in total. The zero-order chi connectivity index (χ0) is 13.5. The number of benzene rings is 1. The summed E-state index contributed by atoms with van der Waals surface area (Å²) in [5.74, 6) is -4.21. The van der Waals surface area contributed by atoms with Crippen LogP contribution in [0.15, 0.2) is 18.2 Å². The second kappa shape index (κ2) is 4.23. The Morgan fingerprint density at radius 2 is 2.00 bits per heavy atom. The van der Waals surface area contributed by atoms with Crippen molar-refractivity contribution in [1.82, 2.24) is 0 Å². The minimum absolute atomic E-state index is 0.0619. The first-order chi connectivity index (χ1) is 8.30. The Hall–Kier alpha value is -1.65. The van der Waals surface area contributed by atoms with Gasteiger partial charge in [0, 0.05) is 5.56 Å². The predicted molar refractivity (Wildman–Crippen MR) is 58.4 cm³/mol. The Kier molecular flexibility index (Phi) is 3.00. The molecule has 2 rings (SSSR count). The van der Waals surface area contributed by atoms with Crippen LogP contribution in [0.1, 0.15) is 27.9 Å². The van der Waals surface area contributed by atoms with Crippen LogP contribution >= 0.6 is 0 Å². The van der Waals surface area contributed by atoms with Crippen molar-refractivity contribution in [2.24, 2.45) is 5.92 Å². The van der Waals surface area contributed by atoms with E-state index in [1.165, 1.54) is 6.07 Å². The van der Waals surface area contributed by atoms with E-state index in [1.807, 2.05) is 6.92 Å². The Morgan fingerprint density at radius 3 is 2.61 bits per heavy atom. The number of Topliss-reactive ketones (excluding diaryl/α,β-unsaturated/α-hetero) is 2. The lowest BCUT2D eigenvalue weighted by Crippen LogP contribution is -2.38. The first-order valence-electron chi connectivity index (χ1n) is 5.55.